The Morgan fingerprint density at radius 3 is 1.62 bits per heavy atom. The van der Waals surface area contributed by atoms with Crippen LogP contribution in [0.1, 0.15) is 6.42 Å². The lowest BCUT2D eigenvalue weighted by molar-refractivity contribution is -0.260. The third-order valence-corrected chi connectivity index (χ3v) is 3.16. The van der Waals surface area contributed by atoms with Crippen LogP contribution in [0.2, 0.25) is 0 Å². The van der Waals surface area contributed by atoms with Gasteiger partial charge in [-0.25, -0.2) is 4.72 Å². The quantitative estimate of drug-likeness (QED) is 0.769. The molecule has 0 saturated heterocycles. The SMILES string of the molecule is [CH]C(F)(F)C(F)(F)C(F)(F)S(=O)(=O)NC(=O)CC(F)(F)F. The molecule has 0 aliphatic heterocycles. The molecule has 0 aliphatic carbocycles. The van der Waals surface area contributed by atoms with Crippen LogP contribution < -0.4 is 4.72 Å². The van der Waals surface area contributed by atoms with Gasteiger partial charge < -0.3 is 0 Å². The van der Waals surface area contributed by atoms with E-state index in [4.69, 9.17) is 0 Å². The van der Waals surface area contributed by atoms with Crippen LogP contribution in [0.3, 0.4) is 0 Å². The van der Waals surface area contributed by atoms with Crippen molar-refractivity contribution in [3.8, 4) is 0 Å². The van der Waals surface area contributed by atoms with Crippen molar-refractivity contribution in [2.24, 2.45) is 0 Å². The Balaban J connectivity index is 5.48. The monoisotopic (exact) mass is 353 g/mol. The van der Waals surface area contributed by atoms with E-state index in [2.05, 4.69) is 6.92 Å². The van der Waals surface area contributed by atoms with Gasteiger partial charge in [0.15, 0.2) is 0 Å². The second-order valence-corrected chi connectivity index (χ2v) is 5.26. The maximum atomic E-state index is 12.9. The smallest absolute Gasteiger partial charge is 0.274 e. The number of carbonyl (C=O) groups excluding carboxylic acids is 1. The summed E-state index contributed by atoms with van der Waals surface area (Å²) in [5, 5.41) is -6.65. The molecule has 0 spiro atoms. The Bertz CT molecular complexity index is 504. The fraction of sp³-hybridized carbons (Fsp3) is 0.714. The van der Waals surface area contributed by atoms with Crippen LogP contribution in [0.25, 0.3) is 0 Å². The average Bonchev–Trinajstić information content (AvgIpc) is 2.10. The van der Waals surface area contributed by atoms with Crippen molar-refractivity contribution in [1.82, 2.24) is 4.72 Å². The van der Waals surface area contributed by atoms with Gasteiger partial charge in [-0.2, -0.15) is 47.9 Å². The molecule has 0 aromatic heterocycles. The van der Waals surface area contributed by atoms with Crippen LogP contribution >= 0.6 is 0 Å². The van der Waals surface area contributed by atoms with Crippen molar-refractivity contribution in [3.05, 3.63) is 6.92 Å². The van der Waals surface area contributed by atoms with Crippen molar-refractivity contribution in [2.45, 2.75) is 29.7 Å². The Hall–Kier alpha value is -1.21. The first-order chi connectivity index (χ1) is 8.85. The highest BCUT2D eigenvalue weighted by molar-refractivity contribution is 7.91. The van der Waals surface area contributed by atoms with Crippen molar-refractivity contribution >= 4 is 15.9 Å². The molecule has 0 aromatic carbocycles. The number of hydrogen-bond acceptors (Lipinski definition) is 3. The number of carbonyl (C=O) groups is 1. The highest BCUT2D eigenvalue weighted by atomic mass is 32.2. The minimum atomic E-state index is -6.92. The van der Waals surface area contributed by atoms with Gasteiger partial charge in [0, 0.05) is 6.92 Å². The Morgan fingerprint density at radius 1 is 0.952 bits per heavy atom. The number of sulfonamides is 1. The van der Waals surface area contributed by atoms with Crippen molar-refractivity contribution in [3.63, 3.8) is 0 Å². The topological polar surface area (TPSA) is 63.2 Å². The van der Waals surface area contributed by atoms with Gasteiger partial charge in [0.1, 0.15) is 6.42 Å². The van der Waals surface area contributed by atoms with Crippen LogP contribution in [0.5, 0.6) is 0 Å². The summed E-state index contributed by atoms with van der Waals surface area (Å²) in [6.07, 6.45) is -7.97. The van der Waals surface area contributed by atoms with Crippen LogP contribution in [-0.4, -0.2) is 37.6 Å². The lowest BCUT2D eigenvalue weighted by atomic mass is 10.2. The Morgan fingerprint density at radius 2 is 1.33 bits per heavy atom. The predicted molar refractivity (Wildman–Crippen MR) is 46.9 cm³/mol. The molecule has 1 N–H and O–H groups in total. The number of alkyl halides is 9. The molecule has 0 aromatic rings. The number of halogens is 9. The molecule has 0 rings (SSSR count). The molecule has 0 fully saturated rings. The summed E-state index contributed by atoms with van der Waals surface area (Å²) in [5.41, 5.74) is 0. The van der Waals surface area contributed by atoms with Gasteiger partial charge in [-0.05, 0) is 0 Å². The highest BCUT2D eigenvalue weighted by Gasteiger charge is 2.76. The fourth-order valence-corrected chi connectivity index (χ4v) is 1.77. The van der Waals surface area contributed by atoms with Crippen molar-refractivity contribution in [1.29, 1.82) is 0 Å². The van der Waals surface area contributed by atoms with Gasteiger partial charge >= 0.3 is 33.3 Å². The van der Waals surface area contributed by atoms with Crippen molar-refractivity contribution < 1.29 is 52.7 Å². The molecule has 2 radical (unpaired) electrons. The highest BCUT2D eigenvalue weighted by Crippen LogP contribution is 2.47. The van der Waals surface area contributed by atoms with E-state index in [1.54, 1.807) is 0 Å². The predicted octanol–water partition coefficient (Wildman–Crippen LogP) is 1.96. The molecule has 124 valence electrons. The maximum absolute atomic E-state index is 12.9. The fourth-order valence-electron chi connectivity index (χ4n) is 0.795. The Labute approximate surface area is 111 Å². The summed E-state index contributed by atoms with van der Waals surface area (Å²) >= 11 is 0. The van der Waals surface area contributed by atoms with Gasteiger partial charge in [-0.1, -0.05) is 0 Å². The number of rotatable bonds is 5. The van der Waals surface area contributed by atoms with E-state index in [1.807, 2.05) is 0 Å². The standard InChI is InChI=1S/C7H4F9NO3S/c1-4(8,9)6(13,14)7(15,16)21(19,20)17-3(18)2-5(10,11)12/h1H,2H2,(H,17,18). The Kier molecular flexibility index (Phi) is 4.91. The molecule has 0 heterocycles. The first-order valence-electron chi connectivity index (χ1n) is 4.39. The third-order valence-electron chi connectivity index (χ3n) is 1.73. The van der Waals surface area contributed by atoms with Gasteiger partial charge in [-0.3, -0.25) is 4.79 Å². The zero-order chi connectivity index (χ0) is 17.5. The van der Waals surface area contributed by atoms with Gasteiger partial charge in [0.2, 0.25) is 5.91 Å². The molecule has 0 aliphatic rings. The van der Waals surface area contributed by atoms with E-state index in [0.29, 0.717) is 0 Å². The molecule has 0 unspecified atom stereocenters. The minimum absolute atomic E-state index is 0.0743. The lowest BCUT2D eigenvalue weighted by Crippen LogP contribution is -2.60. The molecule has 21 heavy (non-hydrogen) atoms. The van der Waals surface area contributed by atoms with Crippen LogP contribution in [0.4, 0.5) is 39.5 Å². The van der Waals surface area contributed by atoms with Gasteiger partial charge in [-0.15, -0.1) is 0 Å². The zero-order valence-corrected chi connectivity index (χ0v) is 10.1. The van der Waals surface area contributed by atoms with Crippen LogP contribution in [0.15, 0.2) is 0 Å². The van der Waals surface area contributed by atoms with E-state index in [1.165, 1.54) is 0 Å². The second kappa shape index (κ2) is 5.21. The van der Waals surface area contributed by atoms with Gasteiger partial charge in [0.25, 0.3) is 0 Å². The van der Waals surface area contributed by atoms with Gasteiger partial charge in [0.05, 0.1) is 0 Å². The van der Waals surface area contributed by atoms with E-state index in [-0.39, 0.29) is 4.72 Å². The summed E-state index contributed by atoms with van der Waals surface area (Å²) in [6, 6.07) is 0. The molecular formula is C7H4F9NO3S. The van der Waals surface area contributed by atoms with Crippen LogP contribution in [0, 0.1) is 6.92 Å². The first-order valence-corrected chi connectivity index (χ1v) is 5.88. The average molecular weight is 353 g/mol. The van der Waals surface area contributed by atoms with E-state index >= 15 is 0 Å². The first kappa shape index (κ1) is 19.8. The molecule has 1 amide bonds. The summed E-state index contributed by atoms with van der Waals surface area (Å²) in [4.78, 5) is 10.5. The number of amides is 1. The van der Waals surface area contributed by atoms with Crippen LogP contribution in [-0.2, 0) is 14.8 Å². The summed E-state index contributed by atoms with van der Waals surface area (Å²) in [5.74, 6) is -15.4. The van der Waals surface area contributed by atoms with E-state index < -0.39 is 45.6 Å². The molecule has 14 heteroatoms. The van der Waals surface area contributed by atoms with E-state index in [0.717, 1.165) is 0 Å². The van der Waals surface area contributed by atoms with E-state index in [9.17, 15) is 52.7 Å². The number of nitrogens with one attached hydrogen (secondary N) is 1. The maximum Gasteiger partial charge on any atom is 0.431 e. The second-order valence-electron chi connectivity index (χ2n) is 3.53. The molecule has 0 saturated carbocycles. The molecular weight excluding hydrogens is 349 g/mol. The lowest BCUT2D eigenvalue weighted by Gasteiger charge is -2.29. The molecule has 4 nitrogen and oxygen atoms in total. The minimum Gasteiger partial charge on any atom is -0.274 e. The summed E-state index contributed by atoms with van der Waals surface area (Å²) in [7, 11) is -6.92. The number of hydrogen-bond donors (Lipinski definition) is 1. The largest absolute Gasteiger partial charge is 0.431 e. The zero-order valence-electron chi connectivity index (χ0n) is 9.32. The molecule has 0 bridgehead atoms. The molecule has 0 atom stereocenters. The normalized spacial score (nSPS) is 15.0. The summed E-state index contributed by atoms with van der Waals surface area (Å²) < 4.78 is 132. The van der Waals surface area contributed by atoms with Crippen molar-refractivity contribution in [2.75, 3.05) is 0 Å². The summed E-state index contributed by atoms with van der Waals surface area (Å²) in [6.45, 7) is 3.41. The third kappa shape index (κ3) is 4.14.